The number of nitrogens with zero attached hydrogens (tertiary/aromatic N) is 9. The van der Waals surface area contributed by atoms with Crippen LogP contribution in [0.4, 0.5) is 15.9 Å². The Morgan fingerprint density at radius 3 is 2.22 bits per heavy atom. The van der Waals surface area contributed by atoms with E-state index in [1.165, 1.54) is 42.6 Å². The number of piperazine rings is 1. The van der Waals surface area contributed by atoms with Crippen LogP contribution < -0.4 is 21.1 Å². The molecule has 2 aromatic heterocycles. The predicted octanol–water partition coefficient (Wildman–Crippen LogP) is 3.96. The van der Waals surface area contributed by atoms with Gasteiger partial charge in [0.25, 0.3) is 23.6 Å². The summed E-state index contributed by atoms with van der Waals surface area (Å²) in [6.07, 6.45) is 8.59. The molecule has 5 aliphatic heterocycles. The van der Waals surface area contributed by atoms with Gasteiger partial charge in [-0.2, -0.15) is 5.10 Å². The summed E-state index contributed by atoms with van der Waals surface area (Å²) in [5.74, 6) is -3.88. The second kappa shape index (κ2) is 23.5. The monoisotopic (exact) mass is 1050 g/mol. The molecule has 4 fully saturated rings. The van der Waals surface area contributed by atoms with Crippen LogP contribution in [-0.4, -0.2) is 170 Å². The second-order valence-electron chi connectivity index (χ2n) is 20.2. The molecule has 6 amide bonds. The summed E-state index contributed by atoms with van der Waals surface area (Å²) in [5, 5.41) is 9.52. The van der Waals surface area contributed by atoms with Gasteiger partial charge in [0.1, 0.15) is 17.6 Å². The van der Waals surface area contributed by atoms with Crippen LogP contribution in [0.3, 0.4) is 0 Å². The first kappa shape index (κ1) is 52.5. The van der Waals surface area contributed by atoms with E-state index in [9.17, 15) is 38.0 Å². The third-order valence-electron chi connectivity index (χ3n) is 15.2. The standard InChI is InChI=1S/C55H61FN12O9/c56-38-7-9-39(10-8-38)60-52(72)49(36-5-2-1-3-6-36)77-55(75)48-50(57)58-31-44(61-48)37-30-59-67(33-37)40-17-21-63(22-18-40)19-4-20-64-25-27-65(28-26-64)32-35-15-23-66(24-16-35)47(70)34-76-41-11-12-42-43(29-41)54(74)68(53(42)73)45-13-14-46(69)62-51(45)71/h1-3,5-12,29-31,33,35,40,45,49H,4,13-28,32,34H2,(H2,57,58)(H,60,72)(H,62,69,71)/t45?,49-/m1/s1. The van der Waals surface area contributed by atoms with Crippen LogP contribution in [0.25, 0.3) is 11.3 Å². The van der Waals surface area contributed by atoms with Crippen molar-refractivity contribution in [1.82, 2.24) is 49.6 Å². The fourth-order valence-corrected chi connectivity index (χ4v) is 10.8. The molecule has 5 aliphatic rings. The Morgan fingerprint density at radius 1 is 0.792 bits per heavy atom. The number of ether oxygens (including phenoxy) is 2. The third kappa shape index (κ3) is 12.3. The number of nitrogens with two attached hydrogens (primary N) is 1. The molecule has 2 atom stereocenters. The van der Waals surface area contributed by atoms with E-state index in [-0.39, 0.29) is 59.8 Å². The minimum absolute atomic E-state index is 0.0363. The summed E-state index contributed by atoms with van der Waals surface area (Å²) < 4.78 is 27.0. The van der Waals surface area contributed by atoms with Crippen molar-refractivity contribution in [1.29, 1.82) is 0 Å². The van der Waals surface area contributed by atoms with Gasteiger partial charge in [-0.3, -0.25) is 43.7 Å². The molecule has 4 N–H and O–H groups in total. The number of likely N-dealkylation sites (tertiary alicyclic amines) is 2. The number of fused-ring (bicyclic) bond motifs is 1. The first-order valence-corrected chi connectivity index (χ1v) is 26.3. The Morgan fingerprint density at radius 2 is 1.49 bits per heavy atom. The Kier molecular flexibility index (Phi) is 16.0. The van der Waals surface area contributed by atoms with Crippen molar-refractivity contribution in [2.45, 2.75) is 63.1 Å². The van der Waals surface area contributed by atoms with Crippen LogP contribution in [0, 0.1) is 11.7 Å². The molecule has 3 aromatic carbocycles. The van der Waals surface area contributed by atoms with Crippen LogP contribution in [0.5, 0.6) is 5.75 Å². The highest BCUT2D eigenvalue weighted by atomic mass is 19.1. The number of piperidine rings is 3. The molecule has 1 unspecified atom stereocenters. The zero-order valence-corrected chi connectivity index (χ0v) is 42.6. The molecule has 22 heteroatoms. The van der Waals surface area contributed by atoms with Gasteiger partial charge in [-0.05, 0) is 100.0 Å². The quantitative estimate of drug-likeness (QED) is 0.0881. The van der Waals surface area contributed by atoms with Crippen LogP contribution in [0.15, 0.2) is 91.4 Å². The maximum Gasteiger partial charge on any atom is 0.361 e. The number of esters is 1. The number of hydrogen-bond acceptors (Lipinski definition) is 16. The van der Waals surface area contributed by atoms with Crippen molar-refractivity contribution in [3.8, 4) is 17.0 Å². The minimum Gasteiger partial charge on any atom is -0.484 e. The number of halogens is 1. The third-order valence-corrected chi connectivity index (χ3v) is 15.2. The summed E-state index contributed by atoms with van der Waals surface area (Å²) in [6.45, 7) is 10.2. The molecule has 0 saturated carbocycles. The number of hydrogen-bond donors (Lipinski definition) is 3. The van der Waals surface area contributed by atoms with E-state index in [4.69, 9.17) is 15.2 Å². The van der Waals surface area contributed by atoms with Crippen molar-refractivity contribution >= 4 is 52.9 Å². The maximum atomic E-state index is 13.6. The van der Waals surface area contributed by atoms with E-state index in [1.54, 1.807) is 42.6 Å². The molecule has 0 bridgehead atoms. The van der Waals surface area contributed by atoms with Crippen molar-refractivity contribution < 1.29 is 47.4 Å². The summed E-state index contributed by atoms with van der Waals surface area (Å²) >= 11 is 0. The molecule has 77 heavy (non-hydrogen) atoms. The van der Waals surface area contributed by atoms with Crippen molar-refractivity contribution in [2.75, 3.05) is 89.6 Å². The van der Waals surface area contributed by atoms with Crippen LogP contribution in [0.2, 0.25) is 0 Å². The zero-order chi connectivity index (χ0) is 53.6. The molecule has 402 valence electrons. The number of nitrogens with one attached hydrogen (secondary N) is 2. The number of anilines is 2. The molecule has 4 saturated heterocycles. The first-order chi connectivity index (χ1) is 37.3. The van der Waals surface area contributed by atoms with Gasteiger partial charge in [-0.1, -0.05) is 30.3 Å². The normalized spacial score (nSPS) is 19.5. The largest absolute Gasteiger partial charge is 0.484 e. The molecule has 5 aromatic rings. The van der Waals surface area contributed by atoms with E-state index in [1.807, 2.05) is 15.8 Å². The van der Waals surface area contributed by atoms with E-state index in [0.717, 1.165) is 95.9 Å². The lowest BCUT2D eigenvalue weighted by Crippen LogP contribution is -2.54. The van der Waals surface area contributed by atoms with E-state index >= 15 is 0 Å². The first-order valence-electron chi connectivity index (χ1n) is 26.3. The SMILES string of the molecule is Nc1ncc(-c2cnn(C3CCN(CCCN4CCN(CC5CCN(C(=O)COc6ccc7c(c6)C(=O)N(C6CCC(=O)NC6=O)C7=O)CC5)CC4)CC3)c2)nc1C(=O)O[C@@H](C(=O)Nc1ccc(F)cc1)c1ccccc1. The molecule has 0 spiro atoms. The van der Waals surface area contributed by atoms with Gasteiger partial charge in [-0.25, -0.2) is 19.2 Å². The maximum absolute atomic E-state index is 13.6. The summed E-state index contributed by atoms with van der Waals surface area (Å²) in [4.78, 5) is 109. The molecule has 0 radical (unpaired) electrons. The zero-order valence-electron chi connectivity index (χ0n) is 42.6. The number of aromatic nitrogens is 4. The average Bonchev–Trinajstić information content (AvgIpc) is 4.11. The lowest BCUT2D eigenvalue weighted by molar-refractivity contribution is -0.136. The fourth-order valence-electron chi connectivity index (χ4n) is 10.8. The Bertz CT molecular complexity index is 3010. The second-order valence-corrected chi connectivity index (χ2v) is 20.2. The Hall–Kier alpha value is -7.95. The van der Waals surface area contributed by atoms with Gasteiger partial charge >= 0.3 is 5.97 Å². The molecule has 7 heterocycles. The Balaban J connectivity index is 0.612. The van der Waals surface area contributed by atoms with Crippen LogP contribution in [-0.2, 0) is 23.9 Å². The highest BCUT2D eigenvalue weighted by Gasteiger charge is 2.45. The van der Waals surface area contributed by atoms with Gasteiger partial charge in [0.2, 0.25) is 17.9 Å². The van der Waals surface area contributed by atoms with Gasteiger partial charge in [0, 0.05) is 88.3 Å². The lowest BCUT2D eigenvalue weighted by atomic mass is 9.96. The van der Waals surface area contributed by atoms with E-state index in [0.29, 0.717) is 41.5 Å². The minimum atomic E-state index is -1.36. The van der Waals surface area contributed by atoms with Gasteiger partial charge in [0.15, 0.2) is 18.1 Å². The molecular formula is C55H61FN12O9. The molecule has 21 nitrogen and oxygen atoms in total. The van der Waals surface area contributed by atoms with E-state index in [2.05, 4.69) is 40.4 Å². The average molecular weight is 1050 g/mol. The summed E-state index contributed by atoms with van der Waals surface area (Å²) in [5.41, 5.74) is 7.92. The van der Waals surface area contributed by atoms with Gasteiger partial charge in [0.05, 0.1) is 35.3 Å². The number of carbonyl (C=O) groups is 7. The lowest BCUT2D eigenvalue weighted by Gasteiger charge is -2.39. The molecular weight excluding hydrogens is 992 g/mol. The number of carbonyl (C=O) groups excluding carboxylic acids is 7. The fraction of sp³-hybridized carbons (Fsp3) is 0.418. The van der Waals surface area contributed by atoms with Crippen LogP contribution in [0.1, 0.15) is 93.9 Å². The number of benzene rings is 3. The highest BCUT2D eigenvalue weighted by molar-refractivity contribution is 6.23. The van der Waals surface area contributed by atoms with Crippen molar-refractivity contribution in [2.24, 2.45) is 5.92 Å². The summed E-state index contributed by atoms with van der Waals surface area (Å²) in [6, 6.07) is 17.3. The van der Waals surface area contributed by atoms with Gasteiger partial charge in [-0.15, -0.1) is 0 Å². The van der Waals surface area contributed by atoms with Crippen LogP contribution >= 0.6 is 0 Å². The number of amides is 6. The highest BCUT2D eigenvalue weighted by Crippen LogP contribution is 2.32. The van der Waals surface area contributed by atoms with E-state index < -0.39 is 53.5 Å². The smallest absolute Gasteiger partial charge is 0.361 e. The molecule has 10 rings (SSSR count). The number of nitrogen functional groups attached to an aromatic ring is 1. The van der Waals surface area contributed by atoms with Crippen molar-refractivity contribution in [3.05, 3.63) is 120 Å². The molecule has 0 aliphatic carbocycles. The van der Waals surface area contributed by atoms with Gasteiger partial charge < -0.3 is 40.1 Å². The topological polar surface area (TPSA) is 248 Å². The van der Waals surface area contributed by atoms with Crippen molar-refractivity contribution in [3.63, 3.8) is 0 Å². The number of imide groups is 2. The Labute approximate surface area is 443 Å². The number of rotatable bonds is 17. The summed E-state index contributed by atoms with van der Waals surface area (Å²) in [7, 11) is 0. The predicted molar refractivity (Wildman–Crippen MR) is 277 cm³/mol.